The fraction of sp³-hybridized carbons (Fsp3) is 0.177. The standard InChI is InChI=1S/C60H44N2.C53H41N/c1-3-16-48-46(14-1)55(47-15-2-4-17-49(47)56(48)52-35-42-13-9-27-61-58(42)59-50(52)20-10-28-62-59)41-12-7-11-40(34-41)38-23-25-39(26-24-38)45-19-8-22-54-57(45)51-18-5-6-21-53(51)60(54)43-30-36-29-37(32-43)33-44(60)31-36;1-3-16-46-44(14-1)51(35-21-23-54-24-22-35)45-15-2-4-17-47(45)52(46)40-12-8-11-38(31-40)36-9-7-10-37(30-36)39-19-20-50-48(32-39)43-13-5-6-18-49(43)53(50)41-26-33-25-34(28-41)29-42(53)27-33/h1-28,34-37,43-44H,29-33H2;1-24,30-34,41-42H,25-29H2. The van der Waals surface area contributed by atoms with E-state index in [0.717, 1.165) is 69.1 Å². The van der Waals surface area contributed by atoms with E-state index in [9.17, 15) is 0 Å². The maximum absolute atomic E-state index is 4.88. The van der Waals surface area contributed by atoms with Crippen LogP contribution in [0.25, 0.3) is 176 Å². The van der Waals surface area contributed by atoms with Gasteiger partial charge < -0.3 is 0 Å². The summed E-state index contributed by atoms with van der Waals surface area (Å²) in [4.78, 5) is 14.0. The van der Waals surface area contributed by atoms with Crippen LogP contribution in [0, 0.1) is 47.3 Å². The Morgan fingerprint density at radius 1 is 0.198 bits per heavy atom. The van der Waals surface area contributed by atoms with E-state index in [0.29, 0.717) is 0 Å². The maximum Gasteiger partial charge on any atom is 0.0970 e. The van der Waals surface area contributed by atoms with Crippen LogP contribution < -0.4 is 0 Å². The van der Waals surface area contributed by atoms with Crippen molar-refractivity contribution in [3.05, 3.63) is 369 Å². The zero-order valence-corrected chi connectivity index (χ0v) is 64.9. The van der Waals surface area contributed by atoms with E-state index in [4.69, 9.17) is 9.97 Å². The summed E-state index contributed by atoms with van der Waals surface area (Å²) in [6.45, 7) is 0. The molecule has 3 nitrogen and oxygen atoms in total. The minimum absolute atomic E-state index is 0.181. The Morgan fingerprint density at radius 3 is 1.11 bits per heavy atom. The van der Waals surface area contributed by atoms with Crippen molar-refractivity contribution in [1.29, 1.82) is 0 Å². The third-order valence-corrected chi connectivity index (χ3v) is 30.1. The molecular weight excluding hydrogens is 1400 g/mol. The van der Waals surface area contributed by atoms with Crippen LogP contribution in [0.4, 0.5) is 0 Å². The number of hydrogen-bond donors (Lipinski definition) is 0. The number of hydrogen-bond acceptors (Lipinski definition) is 3. The normalized spacial score (nSPS) is 22.6. The molecule has 18 aromatic rings. The zero-order chi connectivity index (χ0) is 75.9. The molecule has 2 spiro atoms. The molecule has 0 atom stereocenters. The number of pyridine rings is 3. The highest BCUT2D eigenvalue weighted by molar-refractivity contribution is 6.26. The monoisotopic (exact) mass is 1480 g/mol. The second-order valence-corrected chi connectivity index (χ2v) is 35.6. The highest BCUT2D eigenvalue weighted by atomic mass is 14.7. The Kier molecular flexibility index (Phi) is 14.9. The molecule has 3 heterocycles. The van der Waals surface area contributed by atoms with Gasteiger partial charge in [0.1, 0.15) is 0 Å². The lowest BCUT2D eigenvalue weighted by molar-refractivity contribution is -0.0399. The lowest BCUT2D eigenvalue weighted by atomic mass is 9.43. The van der Waals surface area contributed by atoms with Gasteiger partial charge in [0.2, 0.25) is 0 Å². The average Bonchev–Trinajstić information content (AvgIpc) is 1.50. The van der Waals surface area contributed by atoms with Crippen LogP contribution in [0.2, 0.25) is 0 Å². The van der Waals surface area contributed by atoms with Crippen LogP contribution in [0.15, 0.2) is 346 Å². The quantitative estimate of drug-likeness (QED) is 0.112. The molecule has 8 bridgehead atoms. The van der Waals surface area contributed by atoms with Crippen molar-refractivity contribution in [2.45, 2.75) is 75.0 Å². The second-order valence-electron chi connectivity index (χ2n) is 35.6. The minimum atomic E-state index is 0.181. The second kappa shape index (κ2) is 25.9. The Hall–Kier alpha value is -12.7. The van der Waals surface area contributed by atoms with Gasteiger partial charge in [0.05, 0.1) is 11.0 Å². The summed E-state index contributed by atoms with van der Waals surface area (Å²) in [5, 5.41) is 12.2. The molecule has 0 N–H and O–H groups in total. The van der Waals surface area contributed by atoms with Crippen molar-refractivity contribution >= 4 is 64.9 Å². The van der Waals surface area contributed by atoms with Crippen molar-refractivity contribution in [3.63, 3.8) is 0 Å². The van der Waals surface area contributed by atoms with E-state index in [2.05, 4.69) is 314 Å². The van der Waals surface area contributed by atoms with Crippen LogP contribution in [0.5, 0.6) is 0 Å². The Balaban J connectivity index is 0.000000131. The van der Waals surface area contributed by atoms with Crippen molar-refractivity contribution in [3.8, 4) is 111 Å². The van der Waals surface area contributed by atoms with Gasteiger partial charge >= 0.3 is 0 Å². The molecule has 8 fully saturated rings. The van der Waals surface area contributed by atoms with Crippen molar-refractivity contribution in [2.75, 3.05) is 0 Å². The minimum Gasteiger partial charge on any atom is -0.265 e. The predicted octanol–water partition coefficient (Wildman–Crippen LogP) is 29.3. The summed E-state index contributed by atoms with van der Waals surface area (Å²) < 4.78 is 0. The smallest absolute Gasteiger partial charge is 0.0970 e. The zero-order valence-electron chi connectivity index (χ0n) is 64.9. The largest absolute Gasteiger partial charge is 0.265 e. The van der Waals surface area contributed by atoms with E-state index in [-0.39, 0.29) is 10.8 Å². The number of rotatable bonds is 8. The number of aromatic nitrogens is 3. The van der Waals surface area contributed by atoms with Gasteiger partial charge in [0.15, 0.2) is 0 Å². The van der Waals surface area contributed by atoms with Gasteiger partial charge in [-0.2, -0.15) is 0 Å². The molecule has 10 aliphatic rings. The molecule has 15 aromatic carbocycles. The molecule has 0 amide bonds. The van der Waals surface area contributed by atoms with Crippen molar-refractivity contribution in [2.24, 2.45) is 47.3 Å². The SMILES string of the molecule is c1cc(-c2ccc(-c3cccc4c3-c3ccccc3C43C4CC5CC(C4)CC3C5)cc2)cc(-c2c3ccccc3c(-c3cc4cccnc4c4ncccc34)c3ccccc23)c1.c1cc(-c2cccc(-c3c4ccccc4c(-c4ccncc4)c4ccccc34)c2)cc(-c2ccc3c(c2)-c2ccccc2C32C3CC4CC(C3)CC2C4)c1. The molecule has 8 saturated carbocycles. The highest BCUT2D eigenvalue weighted by Crippen LogP contribution is 2.72. The summed E-state index contributed by atoms with van der Waals surface area (Å²) in [6.07, 6.45) is 21.8. The van der Waals surface area contributed by atoms with Gasteiger partial charge in [-0.1, -0.05) is 267 Å². The highest BCUT2D eigenvalue weighted by Gasteiger charge is 2.63. The fourth-order valence-corrected chi connectivity index (χ4v) is 26.2. The van der Waals surface area contributed by atoms with Gasteiger partial charge in [-0.3, -0.25) is 15.0 Å². The first kappa shape index (κ1) is 66.7. The van der Waals surface area contributed by atoms with Crippen LogP contribution in [-0.2, 0) is 10.8 Å². The lowest BCUT2D eigenvalue weighted by Gasteiger charge is -2.61. The predicted molar refractivity (Wildman–Crippen MR) is 481 cm³/mol. The average molecular weight is 1480 g/mol. The van der Waals surface area contributed by atoms with E-state index >= 15 is 0 Å². The van der Waals surface area contributed by atoms with Gasteiger partial charge in [-0.25, -0.2) is 0 Å². The summed E-state index contributed by atoms with van der Waals surface area (Å²) in [5.41, 5.74) is 34.8. The first-order chi connectivity index (χ1) is 57.5. The molecule has 3 aromatic heterocycles. The van der Waals surface area contributed by atoms with Crippen LogP contribution in [-0.4, -0.2) is 15.0 Å². The first-order valence-corrected chi connectivity index (χ1v) is 42.8. The van der Waals surface area contributed by atoms with E-state index in [1.807, 2.05) is 36.9 Å². The molecule has 10 aliphatic carbocycles. The van der Waals surface area contributed by atoms with Crippen LogP contribution in [0.1, 0.15) is 86.5 Å². The molecule has 0 aliphatic heterocycles. The molecule has 116 heavy (non-hydrogen) atoms. The van der Waals surface area contributed by atoms with E-state index in [1.165, 1.54) is 219 Å². The van der Waals surface area contributed by atoms with Crippen molar-refractivity contribution in [1.82, 2.24) is 15.0 Å². The molecule has 3 heteroatoms. The van der Waals surface area contributed by atoms with Gasteiger partial charge in [0, 0.05) is 46.4 Å². The number of fused-ring (bicyclic) bond motifs is 13. The molecule has 28 rings (SSSR count). The lowest BCUT2D eigenvalue weighted by Crippen LogP contribution is -2.55. The topological polar surface area (TPSA) is 38.7 Å². The Morgan fingerprint density at radius 2 is 0.569 bits per heavy atom. The van der Waals surface area contributed by atoms with Crippen LogP contribution in [0.3, 0.4) is 0 Å². The molecule has 0 saturated heterocycles. The molecular formula is C113H85N3. The summed E-state index contributed by atoms with van der Waals surface area (Å²) in [6, 6.07) is 121. The molecule has 552 valence electrons. The van der Waals surface area contributed by atoms with E-state index in [1.54, 1.807) is 22.3 Å². The summed E-state index contributed by atoms with van der Waals surface area (Å²) >= 11 is 0. The van der Waals surface area contributed by atoms with Gasteiger partial charge in [-0.15, -0.1) is 0 Å². The Labute approximate surface area is 677 Å². The number of benzene rings is 15. The molecule has 0 radical (unpaired) electrons. The first-order valence-electron chi connectivity index (χ1n) is 42.8. The fourth-order valence-electron chi connectivity index (χ4n) is 26.2. The maximum atomic E-state index is 4.88. The third-order valence-electron chi connectivity index (χ3n) is 30.1. The van der Waals surface area contributed by atoms with Crippen molar-refractivity contribution < 1.29 is 0 Å². The van der Waals surface area contributed by atoms with Gasteiger partial charge in [0.25, 0.3) is 0 Å². The third kappa shape index (κ3) is 9.81. The summed E-state index contributed by atoms with van der Waals surface area (Å²) in [7, 11) is 0. The van der Waals surface area contributed by atoms with E-state index < -0.39 is 0 Å². The summed E-state index contributed by atoms with van der Waals surface area (Å²) in [5.74, 6) is 6.92. The van der Waals surface area contributed by atoms with Gasteiger partial charge in [-0.05, 0) is 343 Å². The van der Waals surface area contributed by atoms with Crippen LogP contribution >= 0.6 is 0 Å². The number of nitrogens with zero attached hydrogens (tertiary/aromatic N) is 3. The Bertz CT molecular complexity index is 6950. The molecule has 0 unspecified atom stereocenters.